The van der Waals surface area contributed by atoms with Crippen LogP contribution in [0.25, 0.3) is 0 Å². The molecule has 2 aliphatic rings. The van der Waals surface area contributed by atoms with Crippen LogP contribution in [-0.2, 0) is 13.0 Å². The van der Waals surface area contributed by atoms with Gasteiger partial charge in [0, 0.05) is 23.4 Å². The predicted octanol–water partition coefficient (Wildman–Crippen LogP) is 4.74. The van der Waals surface area contributed by atoms with Crippen molar-refractivity contribution in [3.8, 4) is 11.5 Å². The standard InChI is InChI=1S/C24H22N2O3/c1-2-16-7-10-18(11-8-16)25-23-19-5-3-4-6-20(19)24(27)26(23)14-17-9-12-21-22(13-17)29-15-28-21/h3-13,23,25H,2,14-15H2,1H3. The smallest absolute Gasteiger partial charge is 0.256 e. The summed E-state index contributed by atoms with van der Waals surface area (Å²) in [5.74, 6) is 1.50. The quantitative estimate of drug-likeness (QED) is 0.688. The van der Waals surface area contributed by atoms with E-state index in [-0.39, 0.29) is 18.9 Å². The van der Waals surface area contributed by atoms with Gasteiger partial charge in [0.2, 0.25) is 6.79 Å². The fraction of sp³-hybridized carbons (Fsp3) is 0.208. The molecule has 146 valence electrons. The number of benzene rings is 3. The molecule has 1 N–H and O–H groups in total. The molecular weight excluding hydrogens is 364 g/mol. The van der Waals surface area contributed by atoms with Crippen LogP contribution < -0.4 is 14.8 Å². The molecule has 2 heterocycles. The van der Waals surface area contributed by atoms with E-state index < -0.39 is 0 Å². The Morgan fingerprint density at radius 1 is 0.966 bits per heavy atom. The van der Waals surface area contributed by atoms with E-state index in [1.807, 2.05) is 47.4 Å². The van der Waals surface area contributed by atoms with Gasteiger partial charge in [-0.2, -0.15) is 0 Å². The summed E-state index contributed by atoms with van der Waals surface area (Å²) >= 11 is 0. The first kappa shape index (κ1) is 17.6. The van der Waals surface area contributed by atoms with Gasteiger partial charge in [-0.3, -0.25) is 4.79 Å². The third-order valence-electron chi connectivity index (χ3n) is 5.51. The monoisotopic (exact) mass is 386 g/mol. The van der Waals surface area contributed by atoms with Gasteiger partial charge in [-0.05, 0) is 47.9 Å². The van der Waals surface area contributed by atoms with Crippen molar-refractivity contribution in [2.45, 2.75) is 26.1 Å². The zero-order valence-corrected chi connectivity index (χ0v) is 16.2. The van der Waals surface area contributed by atoms with E-state index in [1.165, 1.54) is 5.56 Å². The van der Waals surface area contributed by atoms with Crippen molar-refractivity contribution in [2.24, 2.45) is 0 Å². The SMILES string of the molecule is CCc1ccc(NC2c3ccccc3C(=O)N2Cc2ccc3c(c2)OCO3)cc1. The van der Waals surface area contributed by atoms with Crippen molar-refractivity contribution in [3.63, 3.8) is 0 Å². The first-order valence-electron chi connectivity index (χ1n) is 9.87. The minimum Gasteiger partial charge on any atom is -0.454 e. The second-order valence-electron chi connectivity index (χ2n) is 7.31. The second kappa shape index (κ2) is 7.17. The van der Waals surface area contributed by atoms with E-state index in [4.69, 9.17) is 9.47 Å². The fourth-order valence-corrected chi connectivity index (χ4v) is 3.92. The maximum atomic E-state index is 13.2. The highest BCUT2D eigenvalue weighted by molar-refractivity contribution is 5.99. The van der Waals surface area contributed by atoms with E-state index in [0.717, 1.165) is 40.3 Å². The van der Waals surface area contributed by atoms with Gasteiger partial charge < -0.3 is 19.7 Å². The summed E-state index contributed by atoms with van der Waals surface area (Å²) in [7, 11) is 0. The van der Waals surface area contributed by atoms with E-state index in [9.17, 15) is 4.79 Å². The van der Waals surface area contributed by atoms with Crippen LogP contribution in [0.2, 0.25) is 0 Å². The predicted molar refractivity (Wildman–Crippen MR) is 111 cm³/mol. The summed E-state index contributed by atoms with van der Waals surface area (Å²) in [5, 5.41) is 3.55. The number of hydrogen-bond donors (Lipinski definition) is 1. The molecule has 0 spiro atoms. The number of carbonyl (C=O) groups is 1. The molecule has 0 radical (unpaired) electrons. The molecule has 29 heavy (non-hydrogen) atoms. The normalized spacial score (nSPS) is 16.8. The van der Waals surface area contributed by atoms with Crippen LogP contribution in [0.4, 0.5) is 5.69 Å². The van der Waals surface area contributed by atoms with Crippen molar-refractivity contribution in [2.75, 3.05) is 12.1 Å². The molecule has 0 aliphatic carbocycles. The molecule has 1 unspecified atom stereocenters. The molecule has 3 aromatic carbocycles. The highest BCUT2D eigenvalue weighted by Gasteiger charge is 2.36. The van der Waals surface area contributed by atoms with E-state index in [1.54, 1.807) is 0 Å². The lowest BCUT2D eigenvalue weighted by molar-refractivity contribution is 0.0728. The number of ether oxygens (including phenoxy) is 2. The molecule has 5 nitrogen and oxygen atoms in total. The topological polar surface area (TPSA) is 50.8 Å². The number of aryl methyl sites for hydroxylation is 1. The number of anilines is 1. The zero-order valence-electron chi connectivity index (χ0n) is 16.2. The van der Waals surface area contributed by atoms with Gasteiger partial charge in [0.15, 0.2) is 11.5 Å². The van der Waals surface area contributed by atoms with E-state index in [0.29, 0.717) is 6.54 Å². The minimum absolute atomic E-state index is 0.0287. The number of carbonyl (C=O) groups excluding carboxylic acids is 1. The summed E-state index contributed by atoms with van der Waals surface area (Å²) in [6, 6.07) is 22.0. The molecular formula is C24H22N2O3. The van der Waals surface area contributed by atoms with Gasteiger partial charge in [-0.25, -0.2) is 0 Å². The number of fused-ring (bicyclic) bond motifs is 2. The number of rotatable bonds is 5. The maximum Gasteiger partial charge on any atom is 0.256 e. The third-order valence-corrected chi connectivity index (χ3v) is 5.51. The van der Waals surface area contributed by atoms with Crippen molar-refractivity contribution in [3.05, 3.63) is 89.0 Å². The Kier molecular flexibility index (Phi) is 4.35. The van der Waals surface area contributed by atoms with Crippen molar-refractivity contribution >= 4 is 11.6 Å². The summed E-state index contributed by atoms with van der Waals surface area (Å²) in [5.41, 5.74) is 5.03. The van der Waals surface area contributed by atoms with Gasteiger partial charge in [0.1, 0.15) is 6.17 Å². The third kappa shape index (κ3) is 3.18. The number of nitrogens with zero attached hydrogens (tertiary/aromatic N) is 1. The second-order valence-corrected chi connectivity index (χ2v) is 7.31. The molecule has 2 aliphatic heterocycles. The summed E-state index contributed by atoms with van der Waals surface area (Å²) < 4.78 is 10.9. The molecule has 0 aromatic heterocycles. The Labute approximate surface area is 169 Å². The lowest BCUT2D eigenvalue weighted by Gasteiger charge is -2.27. The average Bonchev–Trinajstić information content (AvgIpc) is 3.33. The summed E-state index contributed by atoms with van der Waals surface area (Å²) in [6.07, 6.45) is 0.776. The van der Waals surface area contributed by atoms with Gasteiger partial charge in [-0.15, -0.1) is 0 Å². The van der Waals surface area contributed by atoms with Crippen molar-refractivity contribution in [1.82, 2.24) is 4.90 Å². The van der Waals surface area contributed by atoms with Crippen LogP contribution in [0.1, 0.15) is 40.1 Å². The number of hydrogen-bond acceptors (Lipinski definition) is 4. The van der Waals surface area contributed by atoms with Crippen LogP contribution in [0.3, 0.4) is 0 Å². The Hall–Kier alpha value is -3.47. The molecule has 5 heteroatoms. The van der Waals surface area contributed by atoms with Crippen LogP contribution in [0, 0.1) is 0 Å². The summed E-state index contributed by atoms with van der Waals surface area (Å²) in [6.45, 7) is 2.86. The number of nitrogens with one attached hydrogen (secondary N) is 1. The Morgan fingerprint density at radius 3 is 2.55 bits per heavy atom. The first-order chi connectivity index (χ1) is 14.2. The first-order valence-corrected chi connectivity index (χ1v) is 9.87. The highest BCUT2D eigenvalue weighted by atomic mass is 16.7. The molecule has 5 rings (SSSR count). The van der Waals surface area contributed by atoms with Crippen LogP contribution in [-0.4, -0.2) is 17.6 Å². The average molecular weight is 386 g/mol. The lowest BCUT2D eigenvalue weighted by atomic mass is 10.1. The molecule has 0 fully saturated rings. The number of amides is 1. The van der Waals surface area contributed by atoms with Crippen LogP contribution in [0.5, 0.6) is 11.5 Å². The highest BCUT2D eigenvalue weighted by Crippen LogP contribution is 2.37. The fourth-order valence-electron chi connectivity index (χ4n) is 3.92. The lowest BCUT2D eigenvalue weighted by Crippen LogP contribution is -2.31. The molecule has 0 bridgehead atoms. The van der Waals surface area contributed by atoms with Crippen molar-refractivity contribution < 1.29 is 14.3 Å². The molecule has 0 saturated carbocycles. The molecule has 3 aromatic rings. The summed E-state index contributed by atoms with van der Waals surface area (Å²) in [4.78, 5) is 15.0. The van der Waals surface area contributed by atoms with Gasteiger partial charge in [0.25, 0.3) is 5.91 Å². The maximum absolute atomic E-state index is 13.2. The largest absolute Gasteiger partial charge is 0.454 e. The Balaban J connectivity index is 1.46. The Bertz CT molecular complexity index is 1060. The molecule has 0 saturated heterocycles. The zero-order chi connectivity index (χ0) is 19.8. The minimum atomic E-state index is -0.225. The molecule has 1 amide bonds. The van der Waals surface area contributed by atoms with E-state index >= 15 is 0 Å². The molecule has 1 atom stereocenters. The van der Waals surface area contributed by atoms with Crippen LogP contribution in [0.15, 0.2) is 66.7 Å². The van der Waals surface area contributed by atoms with Crippen molar-refractivity contribution in [1.29, 1.82) is 0 Å². The van der Waals surface area contributed by atoms with Gasteiger partial charge >= 0.3 is 0 Å². The van der Waals surface area contributed by atoms with Gasteiger partial charge in [-0.1, -0.05) is 43.3 Å². The van der Waals surface area contributed by atoms with Crippen LogP contribution >= 0.6 is 0 Å². The van der Waals surface area contributed by atoms with E-state index in [2.05, 4.69) is 36.5 Å². The Morgan fingerprint density at radius 2 is 1.72 bits per heavy atom. The van der Waals surface area contributed by atoms with Gasteiger partial charge in [0.05, 0.1) is 0 Å².